The first kappa shape index (κ1) is 17.7. The minimum absolute atomic E-state index is 0.377. The standard InChI is InChI=1S/C15H20Cl2N2O2/c1-15(2,3)21-14(20)19-7-5-4-6-10-8-11(16)13(18)12(17)9-10/h4,6,8-9H,5,7,18H2,1-3H3,(H,19,20). The summed E-state index contributed by atoms with van der Waals surface area (Å²) in [7, 11) is 0. The minimum atomic E-state index is -0.489. The molecule has 0 atom stereocenters. The van der Waals surface area contributed by atoms with Crippen LogP contribution in [0.2, 0.25) is 10.0 Å². The summed E-state index contributed by atoms with van der Waals surface area (Å²) in [6.45, 7) is 5.95. The van der Waals surface area contributed by atoms with Crippen LogP contribution in [0.4, 0.5) is 10.5 Å². The lowest BCUT2D eigenvalue weighted by molar-refractivity contribution is 0.0529. The number of hydrogen-bond donors (Lipinski definition) is 2. The zero-order valence-electron chi connectivity index (χ0n) is 12.4. The van der Waals surface area contributed by atoms with Crippen molar-refractivity contribution in [2.24, 2.45) is 0 Å². The third-order valence-corrected chi connectivity index (χ3v) is 3.02. The summed E-state index contributed by atoms with van der Waals surface area (Å²) in [6.07, 6.45) is 4.03. The van der Waals surface area contributed by atoms with E-state index in [0.717, 1.165) is 5.56 Å². The van der Waals surface area contributed by atoms with E-state index in [4.69, 9.17) is 33.7 Å². The fourth-order valence-electron chi connectivity index (χ4n) is 1.49. The van der Waals surface area contributed by atoms with Gasteiger partial charge in [0.05, 0.1) is 15.7 Å². The smallest absolute Gasteiger partial charge is 0.407 e. The molecule has 1 aromatic rings. The van der Waals surface area contributed by atoms with Crippen molar-refractivity contribution in [1.29, 1.82) is 0 Å². The molecule has 0 heterocycles. The van der Waals surface area contributed by atoms with Crippen molar-refractivity contribution in [1.82, 2.24) is 5.32 Å². The van der Waals surface area contributed by atoms with Crippen molar-refractivity contribution in [3.63, 3.8) is 0 Å². The van der Waals surface area contributed by atoms with Crippen molar-refractivity contribution in [3.8, 4) is 0 Å². The molecule has 6 heteroatoms. The Morgan fingerprint density at radius 3 is 2.43 bits per heavy atom. The molecule has 0 fully saturated rings. The lowest BCUT2D eigenvalue weighted by atomic mass is 10.2. The fraction of sp³-hybridized carbons (Fsp3) is 0.400. The van der Waals surface area contributed by atoms with Gasteiger partial charge in [-0.05, 0) is 44.9 Å². The highest BCUT2D eigenvalue weighted by Crippen LogP contribution is 2.29. The number of amides is 1. The number of benzene rings is 1. The summed E-state index contributed by atoms with van der Waals surface area (Å²) in [5, 5.41) is 3.52. The van der Waals surface area contributed by atoms with Gasteiger partial charge in [-0.3, -0.25) is 0 Å². The summed E-state index contributed by atoms with van der Waals surface area (Å²) < 4.78 is 5.12. The molecule has 4 nitrogen and oxygen atoms in total. The molecule has 3 N–H and O–H groups in total. The lowest BCUT2D eigenvalue weighted by Crippen LogP contribution is -2.32. The Morgan fingerprint density at radius 1 is 1.33 bits per heavy atom. The normalized spacial score (nSPS) is 11.7. The van der Waals surface area contributed by atoms with E-state index in [-0.39, 0.29) is 0 Å². The maximum Gasteiger partial charge on any atom is 0.407 e. The number of ether oxygens (including phenoxy) is 1. The molecular weight excluding hydrogens is 311 g/mol. The lowest BCUT2D eigenvalue weighted by Gasteiger charge is -2.19. The van der Waals surface area contributed by atoms with Crippen LogP contribution < -0.4 is 11.1 Å². The van der Waals surface area contributed by atoms with Gasteiger partial charge in [-0.15, -0.1) is 0 Å². The monoisotopic (exact) mass is 330 g/mol. The van der Waals surface area contributed by atoms with Gasteiger partial charge in [-0.25, -0.2) is 4.79 Å². The first-order valence-electron chi connectivity index (χ1n) is 6.57. The minimum Gasteiger partial charge on any atom is -0.444 e. The quantitative estimate of drug-likeness (QED) is 0.630. The van der Waals surface area contributed by atoms with Crippen LogP contribution in [-0.4, -0.2) is 18.2 Å². The topological polar surface area (TPSA) is 64.3 Å². The first-order valence-corrected chi connectivity index (χ1v) is 7.32. The summed E-state index contributed by atoms with van der Waals surface area (Å²) in [5.74, 6) is 0. The van der Waals surface area contributed by atoms with Gasteiger partial charge in [0.15, 0.2) is 0 Å². The van der Waals surface area contributed by atoms with Crippen molar-refractivity contribution in [2.45, 2.75) is 32.8 Å². The molecule has 0 aromatic heterocycles. The average Bonchev–Trinajstić information content (AvgIpc) is 2.33. The number of carbonyl (C=O) groups excluding carboxylic acids is 1. The molecule has 0 saturated carbocycles. The molecule has 0 aliphatic rings. The highest BCUT2D eigenvalue weighted by molar-refractivity contribution is 6.39. The van der Waals surface area contributed by atoms with Crippen LogP contribution in [0.3, 0.4) is 0 Å². The van der Waals surface area contributed by atoms with Crippen LogP contribution in [0.5, 0.6) is 0 Å². The number of nitrogen functional groups attached to an aromatic ring is 1. The molecule has 0 bridgehead atoms. The van der Waals surface area contributed by atoms with Gasteiger partial charge in [0.1, 0.15) is 5.60 Å². The molecule has 0 aliphatic heterocycles. The zero-order chi connectivity index (χ0) is 16.0. The highest BCUT2D eigenvalue weighted by atomic mass is 35.5. The van der Waals surface area contributed by atoms with Crippen molar-refractivity contribution in [3.05, 3.63) is 33.8 Å². The van der Waals surface area contributed by atoms with Crippen LogP contribution in [0, 0.1) is 0 Å². The molecule has 0 unspecified atom stereocenters. The van der Waals surface area contributed by atoms with Gasteiger partial charge < -0.3 is 15.8 Å². The molecule has 21 heavy (non-hydrogen) atoms. The van der Waals surface area contributed by atoms with Gasteiger partial charge in [-0.2, -0.15) is 0 Å². The van der Waals surface area contributed by atoms with E-state index < -0.39 is 11.7 Å². The molecular formula is C15H20Cl2N2O2. The van der Waals surface area contributed by atoms with Crippen LogP contribution in [0.1, 0.15) is 32.8 Å². The fourth-order valence-corrected chi connectivity index (χ4v) is 2.00. The summed E-state index contributed by atoms with van der Waals surface area (Å²) in [5.41, 5.74) is 6.41. The van der Waals surface area contributed by atoms with E-state index in [0.29, 0.717) is 28.7 Å². The van der Waals surface area contributed by atoms with Gasteiger partial charge in [0.25, 0.3) is 0 Å². The van der Waals surface area contributed by atoms with E-state index in [9.17, 15) is 4.79 Å². The summed E-state index contributed by atoms with van der Waals surface area (Å²) in [4.78, 5) is 11.4. The van der Waals surface area contributed by atoms with Crippen LogP contribution in [0.15, 0.2) is 18.2 Å². The SMILES string of the molecule is CC(C)(C)OC(=O)NCCC=Cc1cc(Cl)c(N)c(Cl)c1. The maximum atomic E-state index is 11.4. The first-order chi connectivity index (χ1) is 9.69. The second kappa shape index (κ2) is 7.57. The average molecular weight is 331 g/mol. The Labute approximate surface area is 135 Å². The predicted octanol–water partition coefficient (Wildman–Crippen LogP) is 4.50. The number of hydrogen-bond acceptors (Lipinski definition) is 3. The molecule has 116 valence electrons. The van der Waals surface area contributed by atoms with E-state index in [1.807, 2.05) is 32.9 Å². The van der Waals surface area contributed by atoms with Crippen LogP contribution in [0.25, 0.3) is 6.08 Å². The molecule has 0 saturated heterocycles. The Balaban J connectivity index is 2.41. The maximum absolute atomic E-state index is 11.4. The van der Waals surface area contributed by atoms with Gasteiger partial charge in [0, 0.05) is 6.54 Å². The molecule has 1 rings (SSSR count). The molecule has 0 spiro atoms. The second-order valence-corrected chi connectivity index (χ2v) is 6.33. The number of nitrogens with one attached hydrogen (secondary N) is 1. The number of carbonyl (C=O) groups is 1. The van der Waals surface area contributed by atoms with Crippen molar-refractivity contribution >= 4 is 41.1 Å². The van der Waals surface area contributed by atoms with Crippen molar-refractivity contribution < 1.29 is 9.53 Å². The number of halogens is 2. The van der Waals surface area contributed by atoms with E-state index in [2.05, 4.69) is 5.32 Å². The Bertz CT molecular complexity index is 514. The Kier molecular flexibility index (Phi) is 6.37. The molecule has 1 aromatic carbocycles. The number of nitrogens with two attached hydrogens (primary N) is 1. The van der Waals surface area contributed by atoms with Gasteiger partial charge >= 0.3 is 6.09 Å². The van der Waals surface area contributed by atoms with Crippen molar-refractivity contribution in [2.75, 3.05) is 12.3 Å². The van der Waals surface area contributed by atoms with Crippen LogP contribution in [-0.2, 0) is 4.74 Å². The zero-order valence-corrected chi connectivity index (χ0v) is 13.9. The molecule has 1 amide bonds. The van der Waals surface area contributed by atoms with E-state index in [1.165, 1.54) is 0 Å². The van der Waals surface area contributed by atoms with E-state index >= 15 is 0 Å². The second-order valence-electron chi connectivity index (χ2n) is 5.52. The molecule has 0 aliphatic carbocycles. The third kappa shape index (κ3) is 6.74. The number of alkyl carbamates (subject to hydrolysis) is 1. The van der Waals surface area contributed by atoms with Gasteiger partial charge in [0.2, 0.25) is 0 Å². The predicted molar refractivity (Wildman–Crippen MR) is 88.8 cm³/mol. The van der Waals surface area contributed by atoms with Crippen LogP contribution >= 0.6 is 23.2 Å². The largest absolute Gasteiger partial charge is 0.444 e. The Morgan fingerprint density at radius 2 is 1.90 bits per heavy atom. The number of anilines is 1. The van der Waals surface area contributed by atoms with Gasteiger partial charge in [-0.1, -0.05) is 35.4 Å². The molecule has 0 radical (unpaired) electrons. The van der Waals surface area contributed by atoms with E-state index in [1.54, 1.807) is 12.1 Å². The summed E-state index contributed by atoms with van der Waals surface area (Å²) >= 11 is 11.9. The third-order valence-electron chi connectivity index (χ3n) is 2.39. The summed E-state index contributed by atoms with van der Waals surface area (Å²) in [6, 6.07) is 3.47. The Hall–Kier alpha value is -1.39. The highest BCUT2D eigenvalue weighted by Gasteiger charge is 2.15. The number of rotatable bonds is 4.